The average Bonchev–Trinajstić information content (AvgIpc) is 3.18. The Morgan fingerprint density at radius 3 is 2.64 bits per heavy atom. The van der Waals surface area contributed by atoms with Crippen LogP contribution >= 0.6 is 11.6 Å². The molecule has 0 aromatic heterocycles. The summed E-state index contributed by atoms with van der Waals surface area (Å²) in [6.07, 6.45) is 0.960. The Bertz CT molecular complexity index is 860. The summed E-state index contributed by atoms with van der Waals surface area (Å²) in [5.41, 5.74) is 3.26. The first-order chi connectivity index (χ1) is 12.0. The largest absolute Gasteiger partial charge is 0.380 e. The Kier molecular flexibility index (Phi) is 3.26. The molecular formula is C20H18ClNO3. The minimum atomic E-state index is -0.876. The van der Waals surface area contributed by atoms with E-state index >= 15 is 0 Å². The molecule has 128 valence electrons. The molecule has 2 aromatic carbocycles. The van der Waals surface area contributed by atoms with Crippen molar-refractivity contribution >= 4 is 23.2 Å². The molecule has 2 aliphatic carbocycles. The maximum Gasteiger partial charge on any atom is 0.228 e. The summed E-state index contributed by atoms with van der Waals surface area (Å²) in [7, 11) is 0. The number of halogens is 1. The number of hydrogen-bond donors (Lipinski definition) is 2. The van der Waals surface area contributed by atoms with Crippen molar-refractivity contribution in [1.82, 2.24) is 0 Å². The van der Waals surface area contributed by atoms with Crippen molar-refractivity contribution in [1.29, 1.82) is 0 Å². The zero-order chi connectivity index (χ0) is 17.2. The van der Waals surface area contributed by atoms with E-state index in [0.29, 0.717) is 25.0 Å². The van der Waals surface area contributed by atoms with E-state index in [0.717, 1.165) is 22.7 Å². The van der Waals surface area contributed by atoms with Gasteiger partial charge in [-0.05, 0) is 53.3 Å². The van der Waals surface area contributed by atoms with Gasteiger partial charge in [-0.3, -0.25) is 4.79 Å². The van der Waals surface area contributed by atoms with Gasteiger partial charge in [-0.1, -0.05) is 29.8 Å². The normalized spacial score (nSPS) is 27.8. The number of nitrogens with one attached hydrogen (secondary N) is 1. The Morgan fingerprint density at radius 2 is 1.96 bits per heavy atom. The molecule has 1 amide bonds. The number of amides is 1. The molecule has 2 aromatic rings. The molecule has 0 spiro atoms. The lowest BCUT2D eigenvalue weighted by Crippen LogP contribution is -2.46. The molecule has 1 saturated heterocycles. The van der Waals surface area contributed by atoms with Crippen LogP contribution in [0.3, 0.4) is 0 Å². The first-order valence-electron chi connectivity index (χ1n) is 8.55. The monoisotopic (exact) mass is 355 g/mol. The van der Waals surface area contributed by atoms with Crippen LogP contribution in [0.2, 0.25) is 5.02 Å². The fraction of sp³-hybridized carbons (Fsp3) is 0.350. The van der Waals surface area contributed by atoms with Crippen molar-refractivity contribution in [3.05, 3.63) is 64.2 Å². The number of fused-ring (bicyclic) bond motifs is 3. The Labute approximate surface area is 150 Å². The van der Waals surface area contributed by atoms with Crippen molar-refractivity contribution in [2.24, 2.45) is 11.8 Å². The summed E-state index contributed by atoms with van der Waals surface area (Å²) < 4.78 is 5.08. The van der Waals surface area contributed by atoms with Gasteiger partial charge in [0.05, 0.1) is 13.2 Å². The van der Waals surface area contributed by atoms with Crippen LogP contribution in [0.5, 0.6) is 0 Å². The van der Waals surface area contributed by atoms with Gasteiger partial charge in [-0.2, -0.15) is 0 Å². The first kappa shape index (κ1) is 15.4. The van der Waals surface area contributed by atoms with Crippen molar-refractivity contribution in [3.63, 3.8) is 0 Å². The first-order valence-corrected chi connectivity index (χ1v) is 8.93. The topological polar surface area (TPSA) is 58.6 Å². The molecule has 5 heteroatoms. The minimum Gasteiger partial charge on any atom is -0.380 e. The number of rotatable bonds is 3. The molecule has 5 rings (SSSR count). The zero-order valence-corrected chi connectivity index (χ0v) is 14.3. The van der Waals surface area contributed by atoms with E-state index in [9.17, 15) is 9.90 Å². The lowest BCUT2D eigenvalue weighted by molar-refractivity contribution is -0.184. The second-order valence-corrected chi connectivity index (χ2v) is 7.79. The van der Waals surface area contributed by atoms with Gasteiger partial charge in [0, 0.05) is 22.5 Å². The lowest BCUT2D eigenvalue weighted by Gasteiger charge is -2.36. The molecule has 4 nitrogen and oxygen atoms in total. The van der Waals surface area contributed by atoms with E-state index in [1.807, 2.05) is 36.4 Å². The predicted octanol–water partition coefficient (Wildman–Crippen LogP) is 3.08. The SMILES string of the molecule is O=C(Nc1ccc(C2(O)COC2)cc1)C1C2Cc3ccc(Cl)cc3C21. The fourth-order valence-electron chi connectivity index (χ4n) is 4.28. The molecule has 3 unspecified atom stereocenters. The van der Waals surface area contributed by atoms with Gasteiger partial charge in [-0.15, -0.1) is 0 Å². The number of carbonyl (C=O) groups is 1. The number of ether oxygens (including phenoxy) is 1. The van der Waals surface area contributed by atoms with Crippen LogP contribution in [0.4, 0.5) is 5.69 Å². The number of anilines is 1. The molecule has 3 atom stereocenters. The third-order valence-electron chi connectivity index (χ3n) is 5.77. The third kappa shape index (κ3) is 2.40. The Morgan fingerprint density at radius 1 is 1.20 bits per heavy atom. The fourth-order valence-corrected chi connectivity index (χ4v) is 4.46. The van der Waals surface area contributed by atoms with E-state index in [2.05, 4.69) is 11.4 Å². The van der Waals surface area contributed by atoms with Gasteiger partial charge < -0.3 is 15.2 Å². The molecule has 0 radical (unpaired) electrons. The smallest absolute Gasteiger partial charge is 0.228 e. The molecule has 25 heavy (non-hydrogen) atoms. The van der Waals surface area contributed by atoms with Crippen LogP contribution in [-0.2, 0) is 21.6 Å². The highest BCUT2D eigenvalue weighted by Crippen LogP contribution is 2.61. The number of aliphatic hydroxyl groups is 1. The van der Waals surface area contributed by atoms with E-state index in [4.69, 9.17) is 16.3 Å². The summed E-state index contributed by atoms with van der Waals surface area (Å²) in [4.78, 5) is 12.6. The van der Waals surface area contributed by atoms with Crippen LogP contribution in [0.1, 0.15) is 22.6 Å². The van der Waals surface area contributed by atoms with E-state index in [1.165, 1.54) is 11.1 Å². The summed E-state index contributed by atoms with van der Waals surface area (Å²) in [5.74, 6) is 0.815. The van der Waals surface area contributed by atoms with Gasteiger partial charge in [0.2, 0.25) is 5.91 Å². The van der Waals surface area contributed by atoms with Crippen LogP contribution < -0.4 is 5.32 Å². The standard InChI is InChI=1S/C20H18ClNO3/c21-13-4-1-11-7-16-17(15(11)8-13)18(16)19(23)22-14-5-2-12(3-6-14)20(24)9-25-10-20/h1-6,8,16-18,24H,7,9-10H2,(H,22,23). The number of hydrogen-bond acceptors (Lipinski definition) is 3. The number of carbonyl (C=O) groups excluding carboxylic acids is 1. The van der Waals surface area contributed by atoms with Crippen molar-refractivity contribution in [2.45, 2.75) is 17.9 Å². The molecule has 3 aliphatic rings. The zero-order valence-electron chi connectivity index (χ0n) is 13.5. The molecule has 1 aliphatic heterocycles. The highest BCUT2D eigenvalue weighted by atomic mass is 35.5. The van der Waals surface area contributed by atoms with Crippen molar-refractivity contribution < 1.29 is 14.6 Å². The Balaban J connectivity index is 1.28. The van der Waals surface area contributed by atoms with Gasteiger partial charge in [0.1, 0.15) is 5.60 Å². The second-order valence-electron chi connectivity index (χ2n) is 7.35. The Hall–Kier alpha value is -1.88. The van der Waals surface area contributed by atoms with Gasteiger partial charge in [0.25, 0.3) is 0 Å². The van der Waals surface area contributed by atoms with Crippen LogP contribution in [-0.4, -0.2) is 24.2 Å². The predicted molar refractivity (Wildman–Crippen MR) is 94.7 cm³/mol. The van der Waals surface area contributed by atoms with Crippen LogP contribution in [0.15, 0.2) is 42.5 Å². The molecule has 1 heterocycles. The summed E-state index contributed by atoms with van der Waals surface area (Å²) in [6, 6.07) is 13.4. The summed E-state index contributed by atoms with van der Waals surface area (Å²) >= 11 is 6.10. The highest BCUT2D eigenvalue weighted by molar-refractivity contribution is 6.30. The van der Waals surface area contributed by atoms with E-state index in [1.54, 1.807) is 0 Å². The quantitative estimate of drug-likeness (QED) is 0.889. The van der Waals surface area contributed by atoms with Crippen LogP contribution in [0.25, 0.3) is 0 Å². The highest BCUT2D eigenvalue weighted by Gasteiger charge is 2.59. The average molecular weight is 356 g/mol. The molecule has 1 saturated carbocycles. The van der Waals surface area contributed by atoms with Gasteiger partial charge >= 0.3 is 0 Å². The molecule has 2 N–H and O–H groups in total. The molecule has 0 bridgehead atoms. The second kappa shape index (κ2) is 5.31. The molecular weight excluding hydrogens is 338 g/mol. The van der Waals surface area contributed by atoms with Crippen LogP contribution in [0, 0.1) is 11.8 Å². The summed E-state index contributed by atoms with van der Waals surface area (Å²) in [6.45, 7) is 0.651. The van der Waals surface area contributed by atoms with E-state index < -0.39 is 5.60 Å². The van der Waals surface area contributed by atoms with E-state index in [-0.39, 0.29) is 11.8 Å². The number of benzene rings is 2. The van der Waals surface area contributed by atoms with Gasteiger partial charge in [0.15, 0.2) is 0 Å². The maximum atomic E-state index is 12.6. The lowest BCUT2D eigenvalue weighted by atomic mass is 9.92. The van der Waals surface area contributed by atoms with Gasteiger partial charge in [-0.25, -0.2) is 0 Å². The summed E-state index contributed by atoms with van der Waals surface area (Å²) in [5, 5.41) is 14.0. The maximum absolute atomic E-state index is 12.6. The molecule has 2 fully saturated rings. The minimum absolute atomic E-state index is 0.0369. The van der Waals surface area contributed by atoms with Crippen molar-refractivity contribution in [2.75, 3.05) is 18.5 Å². The van der Waals surface area contributed by atoms with Crippen molar-refractivity contribution in [3.8, 4) is 0 Å². The third-order valence-corrected chi connectivity index (χ3v) is 6.00.